The first-order valence-electron chi connectivity index (χ1n) is 8.69. The highest BCUT2D eigenvalue weighted by molar-refractivity contribution is 6.06. The lowest BCUT2D eigenvalue weighted by molar-refractivity contribution is -0.133. The third-order valence-corrected chi connectivity index (χ3v) is 5.23. The first-order valence-corrected chi connectivity index (χ1v) is 8.69. The van der Waals surface area contributed by atoms with Crippen LogP contribution in [-0.2, 0) is 11.3 Å². The van der Waals surface area contributed by atoms with E-state index in [0.717, 1.165) is 17.7 Å². The lowest BCUT2D eigenvalue weighted by atomic mass is 9.77. The number of carbonyl (C=O) groups excluding carboxylic acids is 2. The highest BCUT2D eigenvalue weighted by Crippen LogP contribution is 2.36. The van der Waals surface area contributed by atoms with Crippen molar-refractivity contribution in [2.75, 3.05) is 0 Å². The first kappa shape index (κ1) is 16.7. The van der Waals surface area contributed by atoms with Crippen LogP contribution in [0.3, 0.4) is 0 Å². The minimum absolute atomic E-state index is 0.0732. The Morgan fingerprint density at radius 1 is 1.23 bits per heavy atom. The smallest absolute Gasteiger partial charge is 0.325 e. The normalized spacial score (nSPS) is 25.8. The molecule has 0 bridgehead atoms. The largest absolute Gasteiger partial charge is 0.419 e. The van der Waals surface area contributed by atoms with Gasteiger partial charge in [0.1, 0.15) is 17.9 Å². The number of rotatable bonds is 3. The van der Waals surface area contributed by atoms with Crippen LogP contribution < -0.4 is 5.32 Å². The standard InChI is InChI=1S/C18H19FN4O3/c1-11-6-8-18(9-7-11)16(24)23(17(25)20-18)10-14-21-22-15(26-14)12-2-4-13(19)5-3-12/h2-5,11H,6-10H2,1H3,(H,20,25). The first-order chi connectivity index (χ1) is 12.5. The maximum absolute atomic E-state index is 13.0. The fourth-order valence-corrected chi connectivity index (χ4v) is 3.58. The molecule has 1 aliphatic carbocycles. The van der Waals surface area contributed by atoms with Crippen molar-refractivity contribution >= 4 is 11.9 Å². The maximum Gasteiger partial charge on any atom is 0.325 e. The van der Waals surface area contributed by atoms with Gasteiger partial charge in [-0.3, -0.25) is 9.69 Å². The zero-order chi connectivity index (χ0) is 18.3. The molecule has 26 heavy (non-hydrogen) atoms. The van der Waals surface area contributed by atoms with Crippen molar-refractivity contribution in [1.82, 2.24) is 20.4 Å². The number of hydrogen-bond donors (Lipinski definition) is 1. The van der Waals surface area contributed by atoms with Crippen LogP contribution in [0.2, 0.25) is 0 Å². The molecule has 136 valence electrons. The molecule has 4 rings (SSSR count). The van der Waals surface area contributed by atoms with Gasteiger partial charge in [0.15, 0.2) is 0 Å². The van der Waals surface area contributed by atoms with Gasteiger partial charge in [-0.15, -0.1) is 10.2 Å². The van der Waals surface area contributed by atoms with Gasteiger partial charge in [0.25, 0.3) is 5.91 Å². The Labute approximate surface area is 149 Å². The van der Waals surface area contributed by atoms with Gasteiger partial charge in [-0.05, 0) is 55.9 Å². The summed E-state index contributed by atoms with van der Waals surface area (Å²) in [7, 11) is 0. The molecule has 1 spiro atoms. The van der Waals surface area contributed by atoms with Crippen LogP contribution in [0.25, 0.3) is 11.5 Å². The fourth-order valence-electron chi connectivity index (χ4n) is 3.58. The minimum Gasteiger partial charge on any atom is -0.419 e. The van der Waals surface area contributed by atoms with Gasteiger partial charge in [-0.25, -0.2) is 9.18 Å². The molecule has 1 saturated heterocycles. The Morgan fingerprint density at radius 3 is 2.62 bits per heavy atom. The summed E-state index contributed by atoms with van der Waals surface area (Å²) in [6, 6.07) is 5.22. The summed E-state index contributed by atoms with van der Waals surface area (Å²) >= 11 is 0. The van der Waals surface area contributed by atoms with Gasteiger partial charge in [0.2, 0.25) is 11.8 Å². The van der Waals surface area contributed by atoms with E-state index in [2.05, 4.69) is 22.4 Å². The molecule has 1 saturated carbocycles. The number of nitrogens with zero attached hydrogens (tertiary/aromatic N) is 3. The minimum atomic E-state index is -0.788. The molecule has 3 amide bonds. The van der Waals surface area contributed by atoms with Crippen LogP contribution >= 0.6 is 0 Å². The second kappa shape index (κ2) is 6.19. The number of imide groups is 1. The molecule has 2 aliphatic rings. The summed E-state index contributed by atoms with van der Waals surface area (Å²) in [6.45, 7) is 2.08. The van der Waals surface area contributed by atoms with Gasteiger partial charge in [-0.1, -0.05) is 6.92 Å². The van der Waals surface area contributed by atoms with E-state index in [1.807, 2.05) is 0 Å². The van der Waals surface area contributed by atoms with E-state index in [4.69, 9.17) is 4.42 Å². The number of benzene rings is 1. The Balaban J connectivity index is 1.50. The number of carbonyl (C=O) groups is 2. The SMILES string of the molecule is CC1CCC2(CC1)NC(=O)N(Cc1nnc(-c3ccc(F)cc3)o1)C2=O. The molecule has 0 unspecified atom stereocenters. The molecule has 8 heteroatoms. The highest BCUT2D eigenvalue weighted by atomic mass is 19.1. The van der Waals surface area contributed by atoms with Crippen LogP contribution in [0.1, 0.15) is 38.5 Å². The van der Waals surface area contributed by atoms with Gasteiger partial charge in [-0.2, -0.15) is 0 Å². The second-order valence-corrected chi connectivity index (χ2v) is 7.09. The Hall–Kier alpha value is -2.77. The summed E-state index contributed by atoms with van der Waals surface area (Å²) in [5, 5.41) is 10.7. The molecular weight excluding hydrogens is 339 g/mol. The predicted octanol–water partition coefficient (Wildman–Crippen LogP) is 2.88. The van der Waals surface area contributed by atoms with E-state index in [-0.39, 0.29) is 30.1 Å². The Morgan fingerprint density at radius 2 is 1.92 bits per heavy atom. The summed E-state index contributed by atoms with van der Waals surface area (Å²) < 4.78 is 18.5. The van der Waals surface area contributed by atoms with E-state index in [1.54, 1.807) is 0 Å². The van der Waals surface area contributed by atoms with E-state index < -0.39 is 11.6 Å². The molecular formula is C18H19FN4O3. The molecule has 2 heterocycles. The number of urea groups is 1. The quantitative estimate of drug-likeness (QED) is 0.853. The molecule has 0 radical (unpaired) electrons. The Bertz CT molecular complexity index is 840. The average molecular weight is 358 g/mol. The van der Waals surface area contributed by atoms with Gasteiger partial charge >= 0.3 is 6.03 Å². The van der Waals surface area contributed by atoms with Crippen LogP contribution in [0.5, 0.6) is 0 Å². The summed E-state index contributed by atoms with van der Waals surface area (Å²) in [5.74, 6) is 0.353. The van der Waals surface area contributed by atoms with Crippen LogP contribution in [0.15, 0.2) is 28.7 Å². The highest BCUT2D eigenvalue weighted by Gasteiger charge is 2.52. The zero-order valence-corrected chi connectivity index (χ0v) is 14.4. The van der Waals surface area contributed by atoms with Crippen molar-refractivity contribution < 1.29 is 18.4 Å². The summed E-state index contributed by atoms with van der Waals surface area (Å²) in [6.07, 6.45) is 3.13. The topological polar surface area (TPSA) is 88.3 Å². The third kappa shape index (κ3) is 2.85. The fraction of sp³-hybridized carbons (Fsp3) is 0.444. The van der Waals surface area contributed by atoms with Crippen LogP contribution in [0, 0.1) is 11.7 Å². The molecule has 2 fully saturated rings. The molecule has 1 aliphatic heterocycles. The lowest BCUT2D eigenvalue weighted by Gasteiger charge is -2.33. The van der Waals surface area contributed by atoms with Crippen molar-refractivity contribution in [3.8, 4) is 11.5 Å². The monoisotopic (exact) mass is 358 g/mol. The molecule has 1 aromatic carbocycles. The number of nitrogens with one attached hydrogen (secondary N) is 1. The Kier molecular flexibility index (Phi) is 3.97. The zero-order valence-electron chi connectivity index (χ0n) is 14.4. The van der Waals surface area contributed by atoms with Crippen LogP contribution in [-0.4, -0.2) is 32.6 Å². The van der Waals surface area contributed by atoms with Crippen molar-refractivity contribution in [1.29, 1.82) is 0 Å². The van der Waals surface area contributed by atoms with E-state index >= 15 is 0 Å². The van der Waals surface area contributed by atoms with Gasteiger partial charge in [0, 0.05) is 5.56 Å². The van der Waals surface area contributed by atoms with Crippen LogP contribution in [0.4, 0.5) is 9.18 Å². The van der Waals surface area contributed by atoms with Gasteiger partial charge in [0.05, 0.1) is 0 Å². The second-order valence-electron chi connectivity index (χ2n) is 7.09. The van der Waals surface area contributed by atoms with Crippen molar-refractivity contribution in [3.05, 3.63) is 36.0 Å². The van der Waals surface area contributed by atoms with E-state index in [0.29, 0.717) is 24.3 Å². The van der Waals surface area contributed by atoms with E-state index in [1.165, 1.54) is 24.3 Å². The molecule has 1 N–H and O–H groups in total. The molecule has 2 aromatic rings. The molecule has 1 aromatic heterocycles. The number of amides is 3. The molecule has 0 atom stereocenters. The number of aromatic nitrogens is 2. The van der Waals surface area contributed by atoms with E-state index in [9.17, 15) is 14.0 Å². The average Bonchev–Trinajstić information content (AvgIpc) is 3.18. The van der Waals surface area contributed by atoms with Crippen molar-refractivity contribution in [2.45, 2.75) is 44.7 Å². The van der Waals surface area contributed by atoms with Crippen molar-refractivity contribution in [3.63, 3.8) is 0 Å². The predicted molar refractivity (Wildman–Crippen MR) is 89.1 cm³/mol. The maximum atomic E-state index is 13.0. The summed E-state index contributed by atoms with van der Waals surface area (Å²) in [5.41, 5.74) is -0.219. The van der Waals surface area contributed by atoms with Crippen molar-refractivity contribution in [2.24, 2.45) is 5.92 Å². The summed E-state index contributed by atoms with van der Waals surface area (Å²) in [4.78, 5) is 26.3. The van der Waals surface area contributed by atoms with Gasteiger partial charge < -0.3 is 9.73 Å². The number of hydrogen-bond acceptors (Lipinski definition) is 5. The number of halogens is 1. The lowest BCUT2D eigenvalue weighted by Crippen LogP contribution is -2.49. The third-order valence-electron chi connectivity index (χ3n) is 5.23. The molecule has 7 nitrogen and oxygen atoms in total.